The minimum Gasteiger partial charge on any atom is -0.311 e. The van der Waals surface area contributed by atoms with Gasteiger partial charge in [0.05, 0.1) is 0 Å². The third-order valence-corrected chi connectivity index (χ3v) is 2.12. The molecule has 0 aliphatic carbocycles. The smallest absolute Gasteiger partial charge is 0.225 e. The molecule has 82 valence electrons. The van der Waals surface area contributed by atoms with Crippen LogP contribution in [0.4, 0.5) is 5.82 Å². The molecule has 0 aliphatic heterocycles. The van der Waals surface area contributed by atoms with Crippen molar-refractivity contribution in [1.82, 2.24) is 4.98 Å². The van der Waals surface area contributed by atoms with Crippen LogP contribution < -0.4 is 5.32 Å². The van der Waals surface area contributed by atoms with Gasteiger partial charge in [-0.05, 0) is 38.0 Å². The summed E-state index contributed by atoms with van der Waals surface area (Å²) in [6.45, 7) is 5.99. The van der Waals surface area contributed by atoms with Crippen molar-refractivity contribution in [3.63, 3.8) is 0 Å². The molecule has 0 unspecified atom stereocenters. The maximum absolute atomic E-state index is 11.4. The number of aromatic nitrogens is 1. The van der Waals surface area contributed by atoms with Crippen molar-refractivity contribution in [1.29, 1.82) is 0 Å². The summed E-state index contributed by atoms with van der Waals surface area (Å²) in [6, 6.07) is 3.87. The zero-order chi connectivity index (χ0) is 11.3. The number of hydrogen-bond donors (Lipinski definition) is 1. The topological polar surface area (TPSA) is 42.0 Å². The van der Waals surface area contributed by atoms with E-state index < -0.39 is 0 Å². The summed E-state index contributed by atoms with van der Waals surface area (Å²) in [5.41, 5.74) is 2.05. The van der Waals surface area contributed by atoms with Crippen LogP contribution in [0.5, 0.6) is 0 Å². The summed E-state index contributed by atoms with van der Waals surface area (Å²) < 4.78 is 0. The predicted octanol–water partition coefficient (Wildman–Crippen LogP) is 2.83. The summed E-state index contributed by atoms with van der Waals surface area (Å²) >= 11 is 0. The molecule has 3 nitrogen and oxygen atoms in total. The first kappa shape index (κ1) is 11.7. The molecule has 1 aromatic rings. The average Bonchev–Trinajstić information content (AvgIpc) is 2.13. The average molecular weight is 206 g/mol. The predicted molar refractivity (Wildman–Crippen MR) is 61.9 cm³/mol. The Hall–Kier alpha value is -1.38. The van der Waals surface area contributed by atoms with E-state index in [0.717, 1.165) is 24.1 Å². The highest BCUT2D eigenvalue weighted by Gasteiger charge is 2.03. The molecule has 0 saturated carbocycles. The first-order valence-electron chi connectivity index (χ1n) is 5.37. The fourth-order valence-electron chi connectivity index (χ4n) is 1.45. The molecule has 1 aromatic heterocycles. The van der Waals surface area contributed by atoms with Gasteiger partial charge in [-0.2, -0.15) is 0 Å². The van der Waals surface area contributed by atoms with Crippen LogP contribution in [0.3, 0.4) is 0 Å². The number of nitrogens with zero attached hydrogens (tertiary/aromatic N) is 1. The lowest BCUT2D eigenvalue weighted by Crippen LogP contribution is -2.12. The maximum atomic E-state index is 11.4. The molecule has 0 radical (unpaired) electrons. The normalized spacial score (nSPS) is 10.1. The lowest BCUT2D eigenvalue weighted by Gasteiger charge is -2.05. The fourth-order valence-corrected chi connectivity index (χ4v) is 1.45. The first-order valence-corrected chi connectivity index (χ1v) is 5.37. The van der Waals surface area contributed by atoms with Crippen molar-refractivity contribution in [3.8, 4) is 0 Å². The van der Waals surface area contributed by atoms with Crippen molar-refractivity contribution >= 4 is 11.7 Å². The van der Waals surface area contributed by atoms with Crippen molar-refractivity contribution in [2.75, 3.05) is 5.32 Å². The Kier molecular flexibility index (Phi) is 4.28. The Morgan fingerprint density at radius 2 is 2.13 bits per heavy atom. The molecule has 1 heterocycles. The van der Waals surface area contributed by atoms with Crippen LogP contribution in [-0.2, 0) is 4.79 Å². The van der Waals surface area contributed by atoms with E-state index in [0.29, 0.717) is 12.2 Å². The number of unbranched alkanes of at least 4 members (excludes halogenated alkanes) is 1. The number of carbonyl (C=O) groups is 1. The molecule has 0 aromatic carbocycles. The standard InChI is InChI=1S/C12H18N2O/c1-4-5-6-12(15)14-11-8-9(2)7-10(3)13-11/h7-8H,4-6H2,1-3H3,(H,13,14,15). The first-order chi connectivity index (χ1) is 7.11. The number of anilines is 1. The Balaban J connectivity index is 2.60. The molecule has 15 heavy (non-hydrogen) atoms. The molecule has 1 N–H and O–H groups in total. The summed E-state index contributed by atoms with van der Waals surface area (Å²) in [6.07, 6.45) is 2.54. The molecular weight excluding hydrogens is 188 g/mol. The SMILES string of the molecule is CCCCC(=O)Nc1cc(C)cc(C)n1. The molecule has 0 fully saturated rings. The second-order valence-corrected chi connectivity index (χ2v) is 3.82. The largest absolute Gasteiger partial charge is 0.311 e. The van der Waals surface area contributed by atoms with E-state index in [1.54, 1.807) is 0 Å². The van der Waals surface area contributed by atoms with Crippen molar-refractivity contribution in [2.45, 2.75) is 40.0 Å². The van der Waals surface area contributed by atoms with Gasteiger partial charge >= 0.3 is 0 Å². The molecule has 0 aliphatic rings. The van der Waals surface area contributed by atoms with Crippen LogP contribution in [0.2, 0.25) is 0 Å². The molecule has 0 spiro atoms. The van der Waals surface area contributed by atoms with E-state index in [9.17, 15) is 4.79 Å². The number of pyridine rings is 1. The minimum absolute atomic E-state index is 0.0503. The molecule has 1 amide bonds. The lowest BCUT2D eigenvalue weighted by molar-refractivity contribution is -0.116. The van der Waals surface area contributed by atoms with Crippen molar-refractivity contribution in [3.05, 3.63) is 23.4 Å². The molecule has 0 atom stereocenters. The third-order valence-electron chi connectivity index (χ3n) is 2.12. The van der Waals surface area contributed by atoms with Gasteiger partial charge in [-0.25, -0.2) is 4.98 Å². The Bertz CT molecular complexity index is 327. The highest BCUT2D eigenvalue weighted by atomic mass is 16.1. The lowest BCUT2D eigenvalue weighted by atomic mass is 10.2. The molecule has 3 heteroatoms. The molecular formula is C12H18N2O. The van der Waals surface area contributed by atoms with Gasteiger partial charge in [-0.3, -0.25) is 4.79 Å². The van der Waals surface area contributed by atoms with Crippen LogP contribution in [0.15, 0.2) is 12.1 Å². The van der Waals surface area contributed by atoms with Gasteiger partial charge in [0.25, 0.3) is 0 Å². The summed E-state index contributed by atoms with van der Waals surface area (Å²) in [5, 5.41) is 2.81. The highest BCUT2D eigenvalue weighted by Crippen LogP contribution is 2.09. The van der Waals surface area contributed by atoms with Crippen LogP contribution in [0.25, 0.3) is 0 Å². The molecule has 0 saturated heterocycles. The summed E-state index contributed by atoms with van der Waals surface area (Å²) in [4.78, 5) is 15.7. The maximum Gasteiger partial charge on any atom is 0.225 e. The van der Waals surface area contributed by atoms with E-state index in [2.05, 4.69) is 17.2 Å². The number of nitrogens with one attached hydrogen (secondary N) is 1. The van der Waals surface area contributed by atoms with Crippen LogP contribution in [0.1, 0.15) is 37.4 Å². The number of rotatable bonds is 4. The van der Waals surface area contributed by atoms with Gasteiger partial charge in [0.15, 0.2) is 0 Å². The van der Waals surface area contributed by atoms with Gasteiger partial charge in [-0.1, -0.05) is 13.3 Å². The summed E-state index contributed by atoms with van der Waals surface area (Å²) in [7, 11) is 0. The number of carbonyl (C=O) groups excluding carboxylic acids is 1. The van der Waals surface area contributed by atoms with E-state index in [4.69, 9.17) is 0 Å². The number of amides is 1. The van der Waals surface area contributed by atoms with Gasteiger partial charge < -0.3 is 5.32 Å². The Morgan fingerprint density at radius 3 is 2.73 bits per heavy atom. The second kappa shape index (κ2) is 5.49. The van der Waals surface area contributed by atoms with Gasteiger partial charge in [0, 0.05) is 12.1 Å². The van der Waals surface area contributed by atoms with E-state index in [1.807, 2.05) is 26.0 Å². The van der Waals surface area contributed by atoms with Gasteiger partial charge in [-0.15, -0.1) is 0 Å². The number of aryl methyl sites for hydroxylation is 2. The summed E-state index contributed by atoms with van der Waals surface area (Å²) in [5.74, 6) is 0.711. The van der Waals surface area contributed by atoms with Crippen molar-refractivity contribution in [2.24, 2.45) is 0 Å². The monoisotopic (exact) mass is 206 g/mol. The quantitative estimate of drug-likeness (QED) is 0.823. The van der Waals surface area contributed by atoms with E-state index >= 15 is 0 Å². The molecule has 0 bridgehead atoms. The van der Waals surface area contributed by atoms with E-state index in [-0.39, 0.29) is 5.91 Å². The van der Waals surface area contributed by atoms with Crippen LogP contribution in [-0.4, -0.2) is 10.9 Å². The van der Waals surface area contributed by atoms with Crippen LogP contribution >= 0.6 is 0 Å². The second-order valence-electron chi connectivity index (χ2n) is 3.82. The minimum atomic E-state index is 0.0503. The van der Waals surface area contributed by atoms with Gasteiger partial charge in [0.2, 0.25) is 5.91 Å². The number of hydrogen-bond acceptors (Lipinski definition) is 2. The van der Waals surface area contributed by atoms with Crippen molar-refractivity contribution < 1.29 is 4.79 Å². The highest BCUT2D eigenvalue weighted by molar-refractivity contribution is 5.89. The Labute approximate surface area is 90.9 Å². The third kappa shape index (κ3) is 4.11. The van der Waals surface area contributed by atoms with Gasteiger partial charge in [0.1, 0.15) is 5.82 Å². The molecule has 1 rings (SSSR count). The Morgan fingerprint density at radius 1 is 1.40 bits per heavy atom. The zero-order valence-electron chi connectivity index (χ0n) is 9.63. The van der Waals surface area contributed by atoms with E-state index in [1.165, 1.54) is 0 Å². The van der Waals surface area contributed by atoms with Crippen LogP contribution in [0, 0.1) is 13.8 Å². The fraction of sp³-hybridized carbons (Fsp3) is 0.500. The zero-order valence-corrected chi connectivity index (χ0v) is 9.63.